The summed E-state index contributed by atoms with van der Waals surface area (Å²) >= 11 is 0. The number of nitrogens with one attached hydrogen (secondary N) is 6. The van der Waals surface area contributed by atoms with Crippen molar-refractivity contribution in [3.8, 4) is 0 Å². The fourth-order valence-corrected chi connectivity index (χ4v) is 10.7. The van der Waals surface area contributed by atoms with Crippen LogP contribution in [-0.2, 0) is 60.7 Å². The summed E-state index contributed by atoms with van der Waals surface area (Å²) in [5.41, 5.74) is -5.77. The van der Waals surface area contributed by atoms with Crippen molar-refractivity contribution in [1.29, 1.82) is 10.8 Å². The number of nitrogens with zero attached hydrogens (tertiary/aromatic N) is 8. The van der Waals surface area contributed by atoms with Crippen LogP contribution in [0.25, 0.3) is 12.2 Å². The molecule has 0 amide bonds. The second kappa shape index (κ2) is 36.8. The van der Waals surface area contributed by atoms with E-state index in [1.54, 1.807) is 0 Å². The maximum absolute atomic E-state index is 12.9. The zero-order valence-electron chi connectivity index (χ0n) is 47.9. The van der Waals surface area contributed by atoms with Crippen LogP contribution in [0.5, 0.6) is 0 Å². The van der Waals surface area contributed by atoms with Gasteiger partial charge in [-0.25, -0.2) is 53.6 Å². The Morgan fingerprint density at radius 1 is 0.467 bits per heavy atom. The van der Waals surface area contributed by atoms with E-state index < -0.39 is 162 Å². The van der Waals surface area contributed by atoms with Gasteiger partial charge in [0.1, 0.15) is 50.3 Å². The topological polar surface area (TPSA) is 617 Å². The Morgan fingerprint density at radius 3 is 1.08 bits per heavy atom. The molecule has 10 N–H and O–H groups in total. The van der Waals surface area contributed by atoms with Gasteiger partial charge >= 0.3 is 177 Å². The Kier molecular flexibility index (Phi) is 35.8. The van der Waals surface area contributed by atoms with Crippen LogP contribution < -0.4 is 220 Å². The number of benzene rings is 4. The van der Waals surface area contributed by atoms with Gasteiger partial charge in [-0.05, 0) is 96.4 Å². The number of aromatic amines is 4. The van der Waals surface area contributed by atoms with E-state index in [0.29, 0.717) is 36.4 Å². The molecule has 2 aromatic heterocycles. The Bertz CT molecular complexity index is 4380. The van der Waals surface area contributed by atoms with Crippen molar-refractivity contribution in [3.63, 3.8) is 0 Å². The van der Waals surface area contributed by atoms with E-state index in [1.165, 1.54) is 0 Å². The molecule has 0 bridgehead atoms. The molecule has 36 nitrogen and oxygen atoms in total. The third kappa shape index (κ3) is 25.7. The van der Waals surface area contributed by atoms with Crippen LogP contribution >= 0.6 is 0 Å². The third-order valence-electron chi connectivity index (χ3n) is 10.8. The normalized spacial score (nSPS) is 12.8. The van der Waals surface area contributed by atoms with E-state index in [4.69, 9.17) is 10.8 Å². The van der Waals surface area contributed by atoms with Crippen LogP contribution in [0, 0.1) is 10.8 Å². The van der Waals surface area contributed by atoms with Crippen LogP contribution in [0.4, 0.5) is 34.6 Å². The summed E-state index contributed by atoms with van der Waals surface area (Å²) in [6.45, 7) is -2.50. The third-order valence-corrected chi connectivity index (χ3v) is 16.1. The number of aliphatic hydroxyl groups excluding tert-OH is 2. The number of hydrogen-bond donors (Lipinski definition) is 10. The first kappa shape index (κ1) is 87.8. The van der Waals surface area contributed by atoms with Gasteiger partial charge in [-0.1, -0.05) is 24.3 Å². The Hall–Kier alpha value is -2.24. The summed E-state index contributed by atoms with van der Waals surface area (Å²) in [5.74, 6) is -2.86. The van der Waals surface area contributed by atoms with Gasteiger partial charge < -0.3 is 59.3 Å². The fraction of sp³-hybridized carbons (Fsp3) is 0.190. The zero-order chi connectivity index (χ0) is 62.3. The van der Waals surface area contributed by atoms with Crippen molar-refractivity contribution in [3.05, 3.63) is 106 Å². The molecule has 2 heterocycles. The van der Waals surface area contributed by atoms with E-state index in [0.717, 1.165) is 58.4 Å². The molecule has 0 aliphatic carbocycles. The quantitative estimate of drug-likeness (QED) is 0.00884. The standard InChI is InChI=1S/C42H46N14O22S6.6Na/c43-35(59)11-13-55(15-17-57)41-51-37(49-39(53-41)47-29-21-27(79(61,62)63)7-9-31(29)81(67,68)69)45-25-5-3-23(33(19-25)83(73,74)75)1-2-24-4-6-26(20-34(24)84(76,77)78)46-38-50-40(54-42(52-38)56(16-18-58)14-12-36(44)60)48-30-22-28(80(64,65)66)8-10-32(30)82(70,71)72;;;;;;/h1-10,19-22,57-58H,11-18H2,(H2,43,59)(H2,44,60)(H,61,62,63)(H,64,65,66)(H,67,68,69)(H,70,71,72)(H,73,74,75)(H,76,77,78)(H2,45,47,49,51,53)(H2,46,48,50,52,54);;;;;;/q;6*+1/p-6/b2-1+;;;;;;. The molecule has 0 saturated carbocycles. The van der Waals surface area contributed by atoms with Crippen molar-refractivity contribution in [2.45, 2.75) is 42.2 Å². The molecule has 0 radical (unpaired) electrons. The Balaban J connectivity index is 0.0000132. The fourth-order valence-electron chi connectivity index (χ4n) is 7.15. The molecule has 48 heteroatoms. The number of H-pyrrole nitrogens is 4. The van der Waals surface area contributed by atoms with Crippen molar-refractivity contribution in [2.75, 3.05) is 49.2 Å². The minimum Gasteiger partial charge on any atom is -0.862 e. The minimum absolute atomic E-state index is 0. The van der Waals surface area contributed by atoms with Crippen LogP contribution in [0.3, 0.4) is 0 Å². The summed E-state index contributed by atoms with van der Waals surface area (Å²) in [6.07, 6.45) is 0.971. The summed E-state index contributed by atoms with van der Waals surface area (Å²) in [4.78, 5) is 30.8. The van der Waals surface area contributed by atoms with E-state index in [9.17, 15) is 98.2 Å². The molecule has 4 aromatic carbocycles. The summed E-state index contributed by atoms with van der Waals surface area (Å²) in [6, 6.07) is 8.70. The van der Waals surface area contributed by atoms with Gasteiger partial charge in [-0.3, -0.25) is 29.0 Å². The zero-order valence-corrected chi connectivity index (χ0v) is 64.8. The molecule has 452 valence electrons. The maximum atomic E-state index is 12.9. The summed E-state index contributed by atoms with van der Waals surface area (Å²) in [7, 11) is -32.0. The first-order valence-electron chi connectivity index (χ1n) is 22.8. The van der Waals surface area contributed by atoms with Gasteiger partial charge in [-0.15, -0.1) is 0 Å². The molecule has 0 fully saturated rings. The van der Waals surface area contributed by atoms with Gasteiger partial charge in [-0.2, -0.15) is 26.8 Å². The van der Waals surface area contributed by atoms with Crippen molar-refractivity contribution in [1.82, 2.24) is 29.9 Å². The maximum Gasteiger partial charge on any atom is 1.00 e. The summed E-state index contributed by atoms with van der Waals surface area (Å²) < 4.78 is 216. The molecular formula is C42H40N14Na6O22S6. The van der Waals surface area contributed by atoms with E-state index in [2.05, 4.69) is 49.9 Å². The van der Waals surface area contributed by atoms with E-state index in [-0.39, 0.29) is 238 Å². The second-order valence-corrected chi connectivity index (χ2v) is 25.0. The number of hydrogen-bond acceptors (Lipinski definition) is 30. The van der Waals surface area contributed by atoms with Gasteiger partial charge in [0.2, 0.25) is 34.4 Å². The van der Waals surface area contributed by atoms with Crippen molar-refractivity contribution in [2.24, 2.45) is 20.0 Å². The van der Waals surface area contributed by atoms with Crippen LogP contribution in [0.2, 0.25) is 0 Å². The number of aliphatic hydroxyl groups is 2. The van der Waals surface area contributed by atoms with E-state index >= 15 is 0 Å². The van der Waals surface area contributed by atoms with Gasteiger partial charge in [0, 0.05) is 26.2 Å². The smallest absolute Gasteiger partial charge is 0.862 e. The average Bonchev–Trinajstić information content (AvgIpc) is 0.930. The molecular weight excluding hydrogens is 1380 g/mol. The first-order chi connectivity index (χ1) is 38.9. The molecule has 0 saturated heterocycles. The molecule has 0 aliphatic heterocycles. The minimum atomic E-state index is -5.43. The largest absolute Gasteiger partial charge is 1.00 e. The average molecular weight is 1420 g/mol. The molecule has 0 aliphatic rings. The Morgan fingerprint density at radius 2 is 0.800 bits per heavy atom. The van der Waals surface area contributed by atoms with Gasteiger partial charge in [0.25, 0.3) is 20.2 Å². The molecule has 6 rings (SSSR count). The molecule has 0 atom stereocenters. The van der Waals surface area contributed by atoms with E-state index in [1.807, 2.05) is 0 Å². The van der Waals surface area contributed by atoms with Crippen molar-refractivity contribution < 1.29 is 276 Å². The van der Waals surface area contributed by atoms with Crippen molar-refractivity contribution >= 4 is 119 Å². The van der Waals surface area contributed by atoms with Gasteiger partial charge in [0.15, 0.2) is 0 Å². The number of aromatic nitrogens is 6. The SMILES string of the molecule is N=C([O-])CCN(CCO)c1nc(=Nc2ccc(/C=C/c3ccc(N=c4nc(N(CCO)CCC(=N)[O-])[nH]c(=Nc5cc(S(=O)(=O)[O-])ccc5S(=O)(=O)[O-])[nH]4)cc3S(=O)(=O)O)c(S(=O)(=O)O)c2)[nH]c(=Nc2cc(S(=O)(=O)[O-])ccc2S(=O)(=O)[O-])[nH]1.[Na+].[Na+].[Na+].[Na+].[Na+].[Na+]. The number of anilines is 2. The second-order valence-electron chi connectivity index (χ2n) is 16.7. The van der Waals surface area contributed by atoms with Crippen LogP contribution in [0.1, 0.15) is 24.0 Å². The molecule has 90 heavy (non-hydrogen) atoms. The first-order valence-corrected chi connectivity index (χ1v) is 31.3. The molecule has 0 spiro atoms. The predicted molar refractivity (Wildman–Crippen MR) is 276 cm³/mol. The summed E-state index contributed by atoms with van der Waals surface area (Å²) in [5, 5.41) is 57.4. The molecule has 0 unspecified atom stereocenters. The molecule has 6 aromatic rings. The number of rotatable bonds is 24. The monoisotopic (exact) mass is 1420 g/mol. The van der Waals surface area contributed by atoms with Crippen LogP contribution in [-0.4, -0.2) is 169 Å². The van der Waals surface area contributed by atoms with Gasteiger partial charge in [0.05, 0.1) is 55.5 Å². The predicted octanol–water partition coefficient (Wildman–Crippen LogP) is -21.9. The van der Waals surface area contributed by atoms with Crippen LogP contribution in [0.15, 0.2) is 122 Å². The Labute approximate surface area is 644 Å².